The van der Waals surface area contributed by atoms with E-state index >= 15 is 0 Å². The molecule has 0 aliphatic carbocycles. The maximum atomic E-state index is 5.59. The average molecular weight is 210 g/mol. The van der Waals surface area contributed by atoms with Crippen molar-refractivity contribution < 1.29 is 0 Å². The lowest BCUT2D eigenvalue weighted by Gasteiger charge is -2.41. The molecule has 1 saturated heterocycles. The van der Waals surface area contributed by atoms with Gasteiger partial charge in [-0.3, -0.25) is 16.2 Å². The van der Waals surface area contributed by atoms with Gasteiger partial charge in [-0.15, -0.1) is 11.8 Å². The summed E-state index contributed by atoms with van der Waals surface area (Å²) >= 11 is 0. The standard InChI is InChI=1S/C11H22N4/c1-4-5-6-10(13-12)11-9-14(2)7-8-15(11)3/h10-11,13H,6-9,12H2,1-3H3. The lowest BCUT2D eigenvalue weighted by molar-refractivity contribution is 0.0889. The van der Waals surface area contributed by atoms with Crippen LogP contribution in [0, 0.1) is 11.8 Å². The SMILES string of the molecule is CC#CCC(NN)C1CN(C)CCN1C. The summed E-state index contributed by atoms with van der Waals surface area (Å²) in [6, 6.07) is 0.708. The van der Waals surface area contributed by atoms with Crippen molar-refractivity contribution in [2.75, 3.05) is 33.7 Å². The molecular weight excluding hydrogens is 188 g/mol. The second-order valence-electron chi connectivity index (χ2n) is 4.21. The van der Waals surface area contributed by atoms with Gasteiger partial charge in [-0.2, -0.15) is 0 Å². The Balaban J connectivity index is 2.58. The molecule has 0 amide bonds. The first-order valence-electron chi connectivity index (χ1n) is 5.43. The highest BCUT2D eigenvalue weighted by atomic mass is 15.3. The zero-order chi connectivity index (χ0) is 11.3. The quantitative estimate of drug-likeness (QED) is 0.374. The van der Waals surface area contributed by atoms with E-state index in [0.29, 0.717) is 6.04 Å². The molecule has 4 nitrogen and oxygen atoms in total. The zero-order valence-electron chi connectivity index (χ0n) is 9.95. The van der Waals surface area contributed by atoms with E-state index in [1.165, 1.54) is 0 Å². The third-order valence-electron chi connectivity index (χ3n) is 3.08. The van der Waals surface area contributed by atoms with E-state index in [2.05, 4.69) is 41.2 Å². The minimum atomic E-state index is 0.255. The van der Waals surface area contributed by atoms with Crippen LogP contribution >= 0.6 is 0 Å². The van der Waals surface area contributed by atoms with Gasteiger partial charge in [-0.05, 0) is 21.0 Å². The fourth-order valence-electron chi connectivity index (χ4n) is 2.00. The van der Waals surface area contributed by atoms with Gasteiger partial charge in [-0.25, -0.2) is 0 Å². The number of hydrogen-bond acceptors (Lipinski definition) is 4. The number of nitrogens with zero attached hydrogens (tertiary/aromatic N) is 2. The highest BCUT2D eigenvalue weighted by Gasteiger charge is 2.28. The number of rotatable bonds is 3. The molecular formula is C11H22N4. The van der Waals surface area contributed by atoms with Crippen LogP contribution in [0.15, 0.2) is 0 Å². The number of hydrazine groups is 1. The lowest BCUT2D eigenvalue weighted by Crippen LogP contribution is -2.59. The number of likely N-dealkylation sites (N-methyl/N-ethyl adjacent to an activating group) is 2. The Labute approximate surface area is 92.8 Å². The van der Waals surface area contributed by atoms with E-state index < -0.39 is 0 Å². The van der Waals surface area contributed by atoms with Crippen molar-refractivity contribution in [1.29, 1.82) is 0 Å². The molecule has 3 N–H and O–H groups in total. The fourth-order valence-corrected chi connectivity index (χ4v) is 2.00. The normalized spacial score (nSPS) is 25.7. The maximum Gasteiger partial charge on any atom is 0.0487 e. The van der Waals surface area contributed by atoms with Crippen LogP contribution in [-0.4, -0.2) is 55.6 Å². The largest absolute Gasteiger partial charge is 0.303 e. The second kappa shape index (κ2) is 6.09. The second-order valence-corrected chi connectivity index (χ2v) is 4.21. The molecule has 1 heterocycles. The van der Waals surface area contributed by atoms with Crippen LogP contribution in [0.4, 0.5) is 0 Å². The van der Waals surface area contributed by atoms with Gasteiger partial charge in [0.15, 0.2) is 0 Å². The summed E-state index contributed by atoms with van der Waals surface area (Å²) in [6.07, 6.45) is 0.815. The molecule has 0 aromatic rings. The van der Waals surface area contributed by atoms with Crippen molar-refractivity contribution in [2.45, 2.75) is 25.4 Å². The minimum Gasteiger partial charge on any atom is -0.303 e. The van der Waals surface area contributed by atoms with Gasteiger partial charge in [0.25, 0.3) is 0 Å². The van der Waals surface area contributed by atoms with Crippen molar-refractivity contribution in [1.82, 2.24) is 15.2 Å². The molecule has 2 atom stereocenters. The molecule has 15 heavy (non-hydrogen) atoms. The van der Waals surface area contributed by atoms with Crippen molar-refractivity contribution in [3.8, 4) is 11.8 Å². The number of hydrogen-bond donors (Lipinski definition) is 2. The number of nitrogens with one attached hydrogen (secondary N) is 1. The van der Waals surface area contributed by atoms with Crippen LogP contribution < -0.4 is 11.3 Å². The van der Waals surface area contributed by atoms with Crippen molar-refractivity contribution in [2.24, 2.45) is 5.84 Å². The molecule has 1 rings (SSSR count). The van der Waals surface area contributed by atoms with Crippen molar-refractivity contribution >= 4 is 0 Å². The van der Waals surface area contributed by atoms with Gasteiger partial charge in [0, 0.05) is 38.1 Å². The Morgan fingerprint density at radius 3 is 2.80 bits per heavy atom. The summed E-state index contributed by atoms with van der Waals surface area (Å²) in [5, 5.41) is 0. The monoisotopic (exact) mass is 210 g/mol. The van der Waals surface area contributed by atoms with Crippen molar-refractivity contribution in [3.05, 3.63) is 0 Å². The van der Waals surface area contributed by atoms with Crippen LogP contribution in [0.3, 0.4) is 0 Å². The average Bonchev–Trinajstić information content (AvgIpc) is 2.24. The van der Waals surface area contributed by atoms with Gasteiger partial charge < -0.3 is 4.90 Å². The van der Waals surface area contributed by atoms with Crippen molar-refractivity contribution in [3.63, 3.8) is 0 Å². The molecule has 2 unspecified atom stereocenters. The van der Waals surface area contributed by atoms with Gasteiger partial charge in [0.1, 0.15) is 0 Å². The first-order chi connectivity index (χ1) is 7.19. The first kappa shape index (κ1) is 12.5. The summed E-state index contributed by atoms with van der Waals surface area (Å²) in [5.74, 6) is 11.6. The Hall–Kier alpha value is -0.600. The Morgan fingerprint density at radius 2 is 2.20 bits per heavy atom. The predicted octanol–water partition coefficient (Wildman–Crippen LogP) is -0.522. The van der Waals surface area contributed by atoms with Crippen LogP contribution in [0.1, 0.15) is 13.3 Å². The van der Waals surface area contributed by atoms with Crippen LogP contribution in [0.2, 0.25) is 0 Å². The van der Waals surface area contributed by atoms with E-state index in [1.54, 1.807) is 0 Å². The number of piperazine rings is 1. The number of nitrogens with two attached hydrogens (primary N) is 1. The molecule has 1 aliphatic rings. The molecule has 0 radical (unpaired) electrons. The zero-order valence-corrected chi connectivity index (χ0v) is 9.95. The van der Waals surface area contributed by atoms with E-state index in [1.807, 2.05) is 6.92 Å². The summed E-state index contributed by atoms with van der Waals surface area (Å²) < 4.78 is 0. The summed E-state index contributed by atoms with van der Waals surface area (Å²) in [7, 11) is 4.31. The summed E-state index contributed by atoms with van der Waals surface area (Å²) in [6.45, 7) is 5.14. The molecule has 1 fully saturated rings. The van der Waals surface area contributed by atoms with E-state index in [4.69, 9.17) is 5.84 Å². The Morgan fingerprint density at radius 1 is 1.47 bits per heavy atom. The highest BCUT2D eigenvalue weighted by molar-refractivity contribution is 5.01. The van der Waals surface area contributed by atoms with Crippen LogP contribution in [0.5, 0.6) is 0 Å². The lowest BCUT2D eigenvalue weighted by atomic mass is 10.0. The van der Waals surface area contributed by atoms with E-state index in [-0.39, 0.29) is 6.04 Å². The summed E-state index contributed by atoms with van der Waals surface area (Å²) in [5.41, 5.74) is 2.89. The van der Waals surface area contributed by atoms with Gasteiger partial charge in [-0.1, -0.05) is 0 Å². The molecule has 0 aromatic heterocycles. The highest BCUT2D eigenvalue weighted by Crippen LogP contribution is 2.11. The molecule has 86 valence electrons. The Kier molecular flexibility index (Phi) is 5.06. The topological polar surface area (TPSA) is 44.5 Å². The molecule has 1 aliphatic heterocycles. The fraction of sp³-hybridized carbons (Fsp3) is 0.818. The van der Waals surface area contributed by atoms with Gasteiger partial charge in [0.2, 0.25) is 0 Å². The molecule has 4 heteroatoms. The molecule has 0 saturated carbocycles. The van der Waals surface area contributed by atoms with Gasteiger partial charge >= 0.3 is 0 Å². The van der Waals surface area contributed by atoms with Crippen LogP contribution in [0.25, 0.3) is 0 Å². The Bertz CT molecular complexity index is 243. The molecule has 0 aromatic carbocycles. The maximum absolute atomic E-state index is 5.59. The predicted molar refractivity (Wildman–Crippen MR) is 63.1 cm³/mol. The summed E-state index contributed by atoms with van der Waals surface area (Å²) in [4.78, 5) is 4.70. The first-order valence-corrected chi connectivity index (χ1v) is 5.43. The third kappa shape index (κ3) is 3.47. The third-order valence-corrected chi connectivity index (χ3v) is 3.08. The van der Waals surface area contributed by atoms with E-state index in [9.17, 15) is 0 Å². The van der Waals surface area contributed by atoms with Crippen LogP contribution in [-0.2, 0) is 0 Å². The molecule has 0 bridgehead atoms. The minimum absolute atomic E-state index is 0.255. The van der Waals surface area contributed by atoms with E-state index in [0.717, 1.165) is 26.1 Å². The molecule has 0 spiro atoms. The smallest absolute Gasteiger partial charge is 0.0487 e. The van der Waals surface area contributed by atoms with Gasteiger partial charge in [0.05, 0.1) is 0 Å².